The smallest absolute Gasteiger partial charge is 0.262 e. The van der Waals surface area contributed by atoms with E-state index in [9.17, 15) is 8.42 Å². The molecule has 2 aromatic carbocycles. The highest BCUT2D eigenvalue weighted by molar-refractivity contribution is 7.92. The van der Waals surface area contributed by atoms with Crippen LogP contribution in [0.4, 0.5) is 5.69 Å². The van der Waals surface area contributed by atoms with Gasteiger partial charge in [-0.25, -0.2) is 8.42 Å². The summed E-state index contributed by atoms with van der Waals surface area (Å²) in [7, 11) is -3.69. The van der Waals surface area contributed by atoms with Crippen LogP contribution in [0.5, 0.6) is 11.5 Å². The molecule has 0 bridgehead atoms. The summed E-state index contributed by atoms with van der Waals surface area (Å²) >= 11 is 0. The van der Waals surface area contributed by atoms with Crippen LogP contribution in [0.15, 0.2) is 35.2 Å². The van der Waals surface area contributed by atoms with Gasteiger partial charge in [0.2, 0.25) is 0 Å². The van der Waals surface area contributed by atoms with Crippen molar-refractivity contribution < 1.29 is 17.9 Å². The molecule has 0 radical (unpaired) electrons. The van der Waals surface area contributed by atoms with Crippen LogP contribution < -0.4 is 14.2 Å². The first-order chi connectivity index (χ1) is 12.5. The fourth-order valence-electron chi connectivity index (χ4n) is 3.71. The summed E-state index contributed by atoms with van der Waals surface area (Å²) in [5.74, 6) is 1.25. The van der Waals surface area contributed by atoms with E-state index in [1.165, 1.54) is 5.56 Å². The molecule has 1 N–H and O–H groups in total. The van der Waals surface area contributed by atoms with Crippen molar-refractivity contribution in [1.29, 1.82) is 0 Å². The number of benzene rings is 2. The number of hydrogen-bond acceptors (Lipinski definition) is 4. The molecule has 0 amide bonds. The second kappa shape index (κ2) is 6.50. The Morgan fingerprint density at radius 1 is 1.15 bits per heavy atom. The highest BCUT2D eigenvalue weighted by atomic mass is 32.2. The molecule has 26 heavy (non-hydrogen) atoms. The highest BCUT2D eigenvalue weighted by Gasteiger charge is 2.25. The Bertz CT molecular complexity index is 953. The summed E-state index contributed by atoms with van der Waals surface area (Å²) < 4.78 is 40.0. The number of hydrogen-bond donors (Lipinski definition) is 1. The number of ether oxygens (including phenoxy) is 2. The van der Waals surface area contributed by atoms with Crippen LogP contribution in [0.2, 0.25) is 0 Å². The number of fused-ring (bicyclic) bond motifs is 2. The lowest BCUT2D eigenvalue weighted by Crippen LogP contribution is -2.14. The number of nitrogens with one attached hydrogen (secondary N) is 1. The summed E-state index contributed by atoms with van der Waals surface area (Å²) in [6.45, 7) is 4.34. The third kappa shape index (κ3) is 3.14. The van der Waals surface area contributed by atoms with Crippen LogP contribution in [0.3, 0.4) is 0 Å². The number of anilines is 1. The molecule has 0 fully saturated rings. The average Bonchev–Trinajstić information content (AvgIpc) is 3.19. The maximum Gasteiger partial charge on any atom is 0.262 e. The Balaban J connectivity index is 1.68. The molecule has 2 aromatic rings. The Labute approximate surface area is 154 Å². The first-order valence-corrected chi connectivity index (χ1v) is 10.6. The Morgan fingerprint density at radius 3 is 2.77 bits per heavy atom. The molecule has 1 aliphatic heterocycles. The van der Waals surface area contributed by atoms with Gasteiger partial charge in [0.15, 0.2) is 0 Å². The van der Waals surface area contributed by atoms with Gasteiger partial charge in [0.1, 0.15) is 17.6 Å². The summed E-state index contributed by atoms with van der Waals surface area (Å²) in [6, 6.07) is 9.00. The molecule has 6 heteroatoms. The SMILES string of the molecule is CCOc1cc2c(cc1NS(=O)(=O)c1ccc3c(c1)CCC3)O[C@@H](C)C2. The lowest BCUT2D eigenvalue weighted by Gasteiger charge is -2.15. The molecular weight excluding hydrogens is 350 g/mol. The van der Waals surface area contributed by atoms with Gasteiger partial charge in [0, 0.05) is 18.1 Å². The second-order valence-corrected chi connectivity index (χ2v) is 8.59. The molecule has 0 saturated heterocycles. The zero-order valence-electron chi connectivity index (χ0n) is 15.0. The third-order valence-electron chi connectivity index (χ3n) is 4.92. The molecule has 1 heterocycles. The first-order valence-electron chi connectivity index (χ1n) is 9.07. The van der Waals surface area contributed by atoms with E-state index in [2.05, 4.69) is 4.72 Å². The fourth-order valence-corrected chi connectivity index (χ4v) is 4.82. The molecule has 0 spiro atoms. The van der Waals surface area contributed by atoms with Crippen LogP contribution in [0, 0.1) is 0 Å². The van der Waals surface area contributed by atoms with Gasteiger partial charge >= 0.3 is 0 Å². The maximum absolute atomic E-state index is 12.9. The fraction of sp³-hybridized carbons (Fsp3) is 0.400. The normalized spacial score (nSPS) is 18.2. The van der Waals surface area contributed by atoms with Crippen molar-refractivity contribution in [3.8, 4) is 11.5 Å². The largest absolute Gasteiger partial charge is 0.492 e. The van der Waals surface area contributed by atoms with Crippen molar-refractivity contribution >= 4 is 15.7 Å². The highest BCUT2D eigenvalue weighted by Crippen LogP contribution is 2.39. The predicted molar refractivity (Wildman–Crippen MR) is 101 cm³/mol. The van der Waals surface area contributed by atoms with Crippen LogP contribution in [-0.4, -0.2) is 21.1 Å². The molecule has 0 unspecified atom stereocenters. The van der Waals surface area contributed by atoms with Crippen molar-refractivity contribution in [3.63, 3.8) is 0 Å². The summed E-state index contributed by atoms with van der Waals surface area (Å²) in [5.41, 5.74) is 3.84. The maximum atomic E-state index is 12.9. The average molecular weight is 373 g/mol. The van der Waals surface area contributed by atoms with Crippen molar-refractivity contribution in [2.75, 3.05) is 11.3 Å². The van der Waals surface area contributed by atoms with E-state index in [4.69, 9.17) is 9.47 Å². The van der Waals surface area contributed by atoms with Gasteiger partial charge in [0.05, 0.1) is 17.2 Å². The van der Waals surface area contributed by atoms with E-state index in [-0.39, 0.29) is 11.0 Å². The molecule has 2 aliphatic rings. The van der Waals surface area contributed by atoms with E-state index in [1.807, 2.05) is 26.0 Å². The van der Waals surface area contributed by atoms with Gasteiger partial charge in [-0.15, -0.1) is 0 Å². The van der Waals surface area contributed by atoms with Crippen LogP contribution in [0.25, 0.3) is 0 Å². The van der Waals surface area contributed by atoms with E-state index in [0.717, 1.165) is 36.8 Å². The molecule has 138 valence electrons. The minimum atomic E-state index is -3.69. The van der Waals surface area contributed by atoms with E-state index < -0.39 is 10.0 Å². The predicted octanol–water partition coefficient (Wildman–Crippen LogP) is 3.70. The van der Waals surface area contributed by atoms with Gasteiger partial charge in [-0.2, -0.15) is 0 Å². The van der Waals surface area contributed by atoms with Crippen LogP contribution >= 0.6 is 0 Å². The summed E-state index contributed by atoms with van der Waals surface area (Å²) in [6.07, 6.45) is 3.93. The molecule has 5 nitrogen and oxygen atoms in total. The van der Waals surface area contributed by atoms with Crippen molar-refractivity contribution in [1.82, 2.24) is 0 Å². The van der Waals surface area contributed by atoms with Gasteiger partial charge in [-0.3, -0.25) is 4.72 Å². The zero-order chi connectivity index (χ0) is 18.3. The second-order valence-electron chi connectivity index (χ2n) is 6.91. The lowest BCUT2D eigenvalue weighted by molar-refractivity contribution is 0.254. The molecule has 0 aromatic heterocycles. The van der Waals surface area contributed by atoms with Gasteiger partial charge < -0.3 is 9.47 Å². The van der Waals surface area contributed by atoms with Gasteiger partial charge in [-0.05, 0) is 62.4 Å². The molecule has 4 rings (SSSR count). The van der Waals surface area contributed by atoms with Crippen molar-refractivity contribution in [2.24, 2.45) is 0 Å². The number of rotatable bonds is 5. The van der Waals surface area contributed by atoms with Crippen LogP contribution in [0.1, 0.15) is 37.0 Å². The van der Waals surface area contributed by atoms with E-state index >= 15 is 0 Å². The lowest BCUT2D eigenvalue weighted by atomic mass is 10.1. The third-order valence-corrected chi connectivity index (χ3v) is 6.29. The topological polar surface area (TPSA) is 64.6 Å². The monoisotopic (exact) mass is 373 g/mol. The first kappa shape index (κ1) is 17.2. The minimum absolute atomic E-state index is 0.0862. The summed E-state index contributed by atoms with van der Waals surface area (Å²) in [4.78, 5) is 0.287. The molecule has 1 atom stereocenters. The van der Waals surface area contributed by atoms with E-state index in [0.29, 0.717) is 23.8 Å². The standard InChI is InChI=1S/C20H23NO4S/c1-3-24-20-11-16-9-13(2)25-19(16)12-18(20)21-26(22,23)17-8-7-14-5-4-6-15(14)10-17/h7-8,10-13,21H,3-6,9H2,1-2H3/t13-/m0/s1. The van der Waals surface area contributed by atoms with E-state index in [1.54, 1.807) is 18.2 Å². The quantitative estimate of drug-likeness (QED) is 0.868. The number of aryl methyl sites for hydroxylation is 2. The summed E-state index contributed by atoms with van der Waals surface area (Å²) in [5, 5.41) is 0. The van der Waals surface area contributed by atoms with Crippen LogP contribution in [-0.2, 0) is 29.3 Å². The molecular formula is C20H23NO4S. The Morgan fingerprint density at radius 2 is 1.96 bits per heavy atom. The van der Waals surface area contributed by atoms with Crippen molar-refractivity contribution in [3.05, 3.63) is 47.0 Å². The van der Waals surface area contributed by atoms with Gasteiger partial charge in [-0.1, -0.05) is 6.07 Å². The zero-order valence-corrected chi connectivity index (χ0v) is 15.9. The Hall–Kier alpha value is -2.21. The molecule has 0 saturated carbocycles. The van der Waals surface area contributed by atoms with Crippen molar-refractivity contribution in [2.45, 2.75) is 50.5 Å². The number of sulfonamides is 1. The molecule has 1 aliphatic carbocycles. The van der Waals surface area contributed by atoms with Gasteiger partial charge in [0.25, 0.3) is 10.0 Å². The Kier molecular flexibility index (Phi) is 4.31. The minimum Gasteiger partial charge on any atom is -0.492 e.